The number of anilines is 1. The molecule has 0 spiro atoms. The second-order valence-electron chi connectivity index (χ2n) is 7.01. The molecule has 10 nitrogen and oxygen atoms in total. The number of nitrogens with one attached hydrogen (secondary N) is 5. The molecule has 3 atom stereocenters. The number of ether oxygens (including phenoxy) is 1. The van der Waals surface area contributed by atoms with Crippen molar-refractivity contribution in [1.82, 2.24) is 21.3 Å². The van der Waals surface area contributed by atoms with Crippen LogP contribution in [0.1, 0.15) is 19.4 Å². The van der Waals surface area contributed by atoms with Gasteiger partial charge in [0.25, 0.3) is 0 Å². The predicted octanol–water partition coefficient (Wildman–Crippen LogP) is 1.70. The second-order valence-corrected chi connectivity index (χ2v) is 7.01. The van der Waals surface area contributed by atoms with E-state index in [0.29, 0.717) is 17.0 Å². The maximum absolute atomic E-state index is 12.1. The van der Waals surface area contributed by atoms with Crippen LogP contribution in [0.2, 0.25) is 0 Å². The van der Waals surface area contributed by atoms with Crippen LogP contribution >= 0.6 is 0 Å². The highest BCUT2D eigenvalue weighted by molar-refractivity contribution is 5.89. The number of rotatable bonds is 10. The third kappa shape index (κ3) is 8.91. The number of aliphatic hydroxyl groups excluding tert-OH is 1. The van der Waals surface area contributed by atoms with Gasteiger partial charge in [0.1, 0.15) is 30.7 Å². The van der Waals surface area contributed by atoms with E-state index >= 15 is 0 Å². The molecule has 0 aliphatic heterocycles. The fraction of sp³-hybridized carbons (Fsp3) is 0.318. The van der Waals surface area contributed by atoms with Crippen LogP contribution in [-0.4, -0.2) is 48.8 Å². The van der Waals surface area contributed by atoms with Crippen LogP contribution in [0.5, 0.6) is 5.75 Å². The number of hydrogen-bond acceptors (Lipinski definition) is 6. The van der Waals surface area contributed by atoms with Gasteiger partial charge in [-0.1, -0.05) is 30.3 Å². The Morgan fingerprint density at radius 1 is 0.969 bits per heavy atom. The van der Waals surface area contributed by atoms with Gasteiger partial charge < -0.3 is 31.1 Å². The topological polar surface area (TPSA) is 148 Å². The summed E-state index contributed by atoms with van der Waals surface area (Å²) in [5, 5.41) is 32.6. The van der Waals surface area contributed by atoms with E-state index in [1.807, 2.05) is 12.1 Å². The predicted molar refractivity (Wildman–Crippen MR) is 120 cm³/mol. The van der Waals surface area contributed by atoms with Crippen LogP contribution in [0.3, 0.4) is 0 Å². The van der Waals surface area contributed by atoms with Gasteiger partial charge in [0, 0.05) is 12.2 Å². The van der Waals surface area contributed by atoms with Gasteiger partial charge in [0.2, 0.25) is 0 Å². The number of carbonyl (C=O) groups excluding carboxylic acids is 2. The lowest BCUT2D eigenvalue weighted by molar-refractivity contribution is 0.103. The summed E-state index contributed by atoms with van der Waals surface area (Å²) in [5.41, 5.74) is 1.03. The highest BCUT2D eigenvalue weighted by Gasteiger charge is 2.14. The van der Waals surface area contributed by atoms with Gasteiger partial charge in [-0.15, -0.1) is 0 Å². The van der Waals surface area contributed by atoms with Gasteiger partial charge in [-0.3, -0.25) is 5.32 Å². The average molecular weight is 441 g/mol. The molecule has 0 aliphatic rings. The molecule has 2 rings (SSSR count). The molecule has 0 aromatic heterocycles. The van der Waals surface area contributed by atoms with Crippen molar-refractivity contribution in [2.75, 3.05) is 18.5 Å². The van der Waals surface area contributed by atoms with Gasteiger partial charge in [-0.2, -0.15) is 5.26 Å². The molecule has 0 saturated heterocycles. The number of hydrogen-bond donors (Lipinski definition) is 6. The molecular formula is C22H28N6O4. The SMILES string of the molecule is CC(NCC(O)COc1ccccc1C#N)NC(=O)NC(C)NC(=O)Nc1ccccc1. The highest BCUT2D eigenvalue weighted by atomic mass is 16.5. The lowest BCUT2D eigenvalue weighted by Gasteiger charge is -2.21. The number of amides is 4. The summed E-state index contributed by atoms with van der Waals surface area (Å²) >= 11 is 0. The lowest BCUT2D eigenvalue weighted by Crippen LogP contribution is -2.55. The van der Waals surface area contributed by atoms with Crippen molar-refractivity contribution < 1.29 is 19.4 Å². The number of para-hydroxylation sites is 2. The number of aliphatic hydroxyl groups is 1. The first-order valence-corrected chi connectivity index (χ1v) is 10.1. The number of nitrogens with zero attached hydrogens (tertiary/aromatic N) is 1. The first kappa shape index (κ1) is 24.5. The summed E-state index contributed by atoms with van der Waals surface area (Å²) in [5.74, 6) is 0.400. The first-order chi connectivity index (χ1) is 15.4. The summed E-state index contributed by atoms with van der Waals surface area (Å²) in [6.45, 7) is 3.48. The Kier molecular flexibility index (Phi) is 9.77. The number of nitriles is 1. The van der Waals surface area contributed by atoms with Crippen molar-refractivity contribution >= 4 is 17.7 Å². The van der Waals surface area contributed by atoms with E-state index in [0.717, 1.165) is 0 Å². The first-order valence-electron chi connectivity index (χ1n) is 10.1. The third-order valence-electron chi connectivity index (χ3n) is 4.17. The molecule has 170 valence electrons. The van der Waals surface area contributed by atoms with E-state index < -0.39 is 30.5 Å². The van der Waals surface area contributed by atoms with Crippen molar-refractivity contribution in [2.24, 2.45) is 0 Å². The molecule has 2 aromatic rings. The van der Waals surface area contributed by atoms with Crippen molar-refractivity contribution in [1.29, 1.82) is 5.26 Å². The molecule has 0 bridgehead atoms. The quantitative estimate of drug-likeness (QED) is 0.310. The zero-order valence-electron chi connectivity index (χ0n) is 18.0. The van der Waals surface area contributed by atoms with Crippen molar-refractivity contribution in [3.8, 4) is 11.8 Å². The molecule has 4 amide bonds. The average Bonchev–Trinajstić information content (AvgIpc) is 2.76. The van der Waals surface area contributed by atoms with Crippen LogP contribution in [0.4, 0.5) is 15.3 Å². The molecule has 0 radical (unpaired) electrons. The Balaban J connectivity index is 1.64. The largest absolute Gasteiger partial charge is 0.489 e. The van der Waals surface area contributed by atoms with Gasteiger partial charge >= 0.3 is 12.1 Å². The van der Waals surface area contributed by atoms with E-state index in [4.69, 9.17) is 10.00 Å². The van der Waals surface area contributed by atoms with Crippen molar-refractivity contribution in [3.63, 3.8) is 0 Å². The van der Waals surface area contributed by atoms with Crippen molar-refractivity contribution in [3.05, 3.63) is 60.2 Å². The standard InChI is InChI=1S/C22H28N6O4/c1-15(24-13-19(29)14-32-20-11-7-6-8-17(20)12-23)25-21(30)26-16(2)27-22(31)28-18-9-4-3-5-10-18/h3-11,15-16,19,24,29H,13-14H2,1-2H3,(H2,25,26,30)(H2,27,28,31). The van der Waals surface area contributed by atoms with Gasteiger partial charge in [-0.05, 0) is 38.1 Å². The molecule has 0 aliphatic carbocycles. The fourth-order valence-electron chi connectivity index (χ4n) is 2.65. The Bertz CT molecular complexity index is 918. The summed E-state index contributed by atoms with van der Waals surface area (Å²) in [6.07, 6.45) is -1.93. The van der Waals surface area contributed by atoms with Gasteiger partial charge in [0.05, 0.1) is 11.7 Å². The Hall–Kier alpha value is -3.81. The van der Waals surface area contributed by atoms with Gasteiger partial charge in [0.15, 0.2) is 0 Å². The molecule has 0 saturated carbocycles. The minimum absolute atomic E-state index is 0.0118. The molecular weight excluding hydrogens is 412 g/mol. The molecule has 32 heavy (non-hydrogen) atoms. The Morgan fingerprint density at radius 2 is 1.59 bits per heavy atom. The Morgan fingerprint density at radius 3 is 2.31 bits per heavy atom. The smallest absolute Gasteiger partial charge is 0.320 e. The minimum atomic E-state index is -0.851. The number of urea groups is 2. The molecule has 0 heterocycles. The Labute approximate surface area is 187 Å². The molecule has 10 heteroatoms. The molecule has 2 aromatic carbocycles. The zero-order chi connectivity index (χ0) is 23.3. The van der Waals surface area contributed by atoms with E-state index in [9.17, 15) is 14.7 Å². The van der Waals surface area contributed by atoms with E-state index in [-0.39, 0.29) is 13.2 Å². The van der Waals surface area contributed by atoms with Crippen LogP contribution < -0.4 is 31.3 Å². The molecule has 6 N–H and O–H groups in total. The monoisotopic (exact) mass is 440 g/mol. The summed E-state index contributed by atoms with van der Waals surface area (Å²) in [7, 11) is 0. The van der Waals surface area contributed by atoms with E-state index in [1.54, 1.807) is 62.4 Å². The van der Waals surface area contributed by atoms with Gasteiger partial charge in [-0.25, -0.2) is 9.59 Å². The third-order valence-corrected chi connectivity index (χ3v) is 4.17. The number of benzene rings is 2. The highest BCUT2D eigenvalue weighted by Crippen LogP contribution is 2.16. The summed E-state index contributed by atoms with van der Waals surface area (Å²) in [4.78, 5) is 24.0. The zero-order valence-corrected chi connectivity index (χ0v) is 18.0. The fourth-order valence-corrected chi connectivity index (χ4v) is 2.65. The van der Waals surface area contributed by atoms with Crippen LogP contribution in [0, 0.1) is 11.3 Å². The normalized spacial score (nSPS) is 13.1. The minimum Gasteiger partial charge on any atom is -0.489 e. The van der Waals surface area contributed by atoms with Crippen LogP contribution in [-0.2, 0) is 0 Å². The van der Waals surface area contributed by atoms with Crippen LogP contribution in [0.15, 0.2) is 54.6 Å². The maximum Gasteiger partial charge on any atom is 0.320 e. The summed E-state index contributed by atoms with van der Waals surface area (Å²) < 4.78 is 5.48. The van der Waals surface area contributed by atoms with E-state index in [2.05, 4.69) is 26.6 Å². The second kappa shape index (κ2) is 12.8. The maximum atomic E-state index is 12.1. The number of carbonyl (C=O) groups is 2. The molecule has 0 fully saturated rings. The van der Waals surface area contributed by atoms with Crippen LogP contribution in [0.25, 0.3) is 0 Å². The summed E-state index contributed by atoms with van der Waals surface area (Å²) in [6, 6.07) is 16.8. The van der Waals surface area contributed by atoms with Crippen molar-refractivity contribution in [2.45, 2.75) is 32.3 Å². The van der Waals surface area contributed by atoms with E-state index in [1.165, 1.54) is 0 Å². The molecule has 3 unspecified atom stereocenters. The lowest BCUT2D eigenvalue weighted by atomic mass is 10.2.